The number of rotatable bonds is 6. The maximum atomic E-state index is 12.4. The number of allylic oxidation sites excluding steroid dienone is 1. The summed E-state index contributed by atoms with van der Waals surface area (Å²) in [7, 11) is 0. The molecule has 2 amide bonds. The average Bonchev–Trinajstić information content (AvgIpc) is 3.14. The highest BCUT2D eigenvalue weighted by molar-refractivity contribution is 6.19. The van der Waals surface area contributed by atoms with Gasteiger partial charge in [0, 0.05) is 17.2 Å². The Kier molecular flexibility index (Phi) is 5.79. The highest BCUT2D eigenvalue weighted by Crippen LogP contribution is 2.59. The van der Waals surface area contributed by atoms with Gasteiger partial charge in [0.25, 0.3) is 11.8 Å². The number of nitrogens with zero attached hydrogens (tertiary/aromatic N) is 1. The number of ether oxygens (including phenoxy) is 2. The van der Waals surface area contributed by atoms with Gasteiger partial charge < -0.3 is 9.47 Å². The SMILES string of the molecule is CC1(C)[C@H](C(=O)OCN2C(=O)C3=C(CCCC3)C2=O)[C@@H]1C=CC(=O)OCC(F)(F)F. The molecule has 0 saturated heterocycles. The predicted molar refractivity (Wildman–Crippen MR) is 95.2 cm³/mol. The molecule has 1 fully saturated rings. The maximum absolute atomic E-state index is 12.4. The fourth-order valence-corrected chi connectivity index (χ4v) is 4.00. The van der Waals surface area contributed by atoms with E-state index in [1.165, 1.54) is 6.08 Å². The van der Waals surface area contributed by atoms with Gasteiger partial charge in [-0.05, 0) is 37.0 Å². The zero-order valence-electron chi connectivity index (χ0n) is 16.6. The predicted octanol–water partition coefficient (Wildman–Crippen LogP) is 2.66. The summed E-state index contributed by atoms with van der Waals surface area (Å²) in [5.74, 6) is -3.77. The minimum Gasteiger partial charge on any atom is -0.453 e. The highest BCUT2D eigenvalue weighted by Gasteiger charge is 2.61. The van der Waals surface area contributed by atoms with Crippen LogP contribution in [0.4, 0.5) is 13.2 Å². The van der Waals surface area contributed by atoms with E-state index in [0.717, 1.165) is 23.8 Å². The van der Waals surface area contributed by atoms with Crippen molar-refractivity contribution in [2.75, 3.05) is 13.3 Å². The number of hydrogen-bond acceptors (Lipinski definition) is 6. The normalized spacial score (nSPS) is 25.6. The Hall–Kier alpha value is -2.65. The molecule has 30 heavy (non-hydrogen) atoms. The molecular weight excluding hydrogens is 407 g/mol. The second-order valence-corrected chi connectivity index (χ2v) is 8.20. The fraction of sp³-hybridized carbons (Fsp3) is 0.600. The molecule has 0 spiro atoms. The van der Waals surface area contributed by atoms with Crippen LogP contribution in [0.25, 0.3) is 0 Å². The van der Waals surface area contributed by atoms with Gasteiger partial charge in [0.2, 0.25) is 0 Å². The van der Waals surface area contributed by atoms with Gasteiger partial charge in [-0.15, -0.1) is 0 Å². The van der Waals surface area contributed by atoms with Crippen LogP contribution < -0.4 is 0 Å². The summed E-state index contributed by atoms with van der Waals surface area (Å²) in [5, 5.41) is 0. The fourth-order valence-electron chi connectivity index (χ4n) is 4.00. The minimum absolute atomic E-state index is 0.429. The van der Waals surface area contributed by atoms with Gasteiger partial charge in [0.15, 0.2) is 13.3 Å². The first-order valence-electron chi connectivity index (χ1n) is 9.60. The summed E-state index contributed by atoms with van der Waals surface area (Å²) in [6.45, 7) is 1.30. The van der Waals surface area contributed by atoms with E-state index in [9.17, 15) is 32.3 Å². The van der Waals surface area contributed by atoms with Crippen LogP contribution in [-0.2, 0) is 28.7 Å². The van der Waals surface area contributed by atoms with Crippen molar-refractivity contribution in [3.8, 4) is 0 Å². The number of carbonyl (C=O) groups excluding carboxylic acids is 4. The number of alkyl halides is 3. The van der Waals surface area contributed by atoms with Crippen molar-refractivity contribution in [1.82, 2.24) is 4.90 Å². The van der Waals surface area contributed by atoms with Crippen LogP contribution in [-0.4, -0.2) is 48.2 Å². The van der Waals surface area contributed by atoms with Gasteiger partial charge in [-0.1, -0.05) is 19.9 Å². The van der Waals surface area contributed by atoms with Gasteiger partial charge in [0.05, 0.1) is 5.92 Å². The third-order valence-electron chi connectivity index (χ3n) is 5.79. The molecule has 0 aromatic carbocycles. The number of imide groups is 1. The minimum atomic E-state index is -4.62. The molecule has 3 rings (SSSR count). The van der Waals surface area contributed by atoms with Crippen molar-refractivity contribution < 1.29 is 41.8 Å². The monoisotopic (exact) mass is 429 g/mol. The molecule has 1 aliphatic heterocycles. The van der Waals surface area contributed by atoms with Crippen molar-refractivity contribution in [3.63, 3.8) is 0 Å². The van der Waals surface area contributed by atoms with Gasteiger partial charge in [-0.2, -0.15) is 13.2 Å². The second kappa shape index (κ2) is 7.88. The summed E-state index contributed by atoms with van der Waals surface area (Å²) >= 11 is 0. The molecule has 164 valence electrons. The quantitative estimate of drug-likeness (QED) is 0.366. The summed E-state index contributed by atoms with van der Waals surface area (Å²) in [4.78, 5) is 49.5. The van der Waals surface area contributed by atoms with E-state index in [-0.39, 0.29) is 0 Å². The van der Waals surface area contributed by atoms with Gasteiger partial charge >= 0.3 is 18.1 Å². The first kappa shape index (κ1) is 22.0. The molecule has 0 N–H and O–H groups in total. The summed E-state index contributed by atoms with van der Waals surface area (Å²) in [6.07, 6.45) is 0.304. The zero-order valence-corrected chi connectivity index (χ0v) is 16.6. The van der Waals surface area contributed by atoms with Crippen molar-refractivity contribution in [3.05, 3.63) is 23.3 Å². The van der Waals surface area contributed by atoms with E-state index in [4.69, 9.17) is 4.74 Å². The summed E-state index contributed by atoms with van der Waals surface area (Å²) in [5.41, 5.74) is 0.397. The topological polar surface area (TPSA) is 90.0 Å². The lowest BCUT2D eigenvalue weighted by Crippen LogP contribution is -2.35. The smallest absolute Gasteiger partial charge is 0.422 e. The first-order valence-corrected chi connectivity index (χ1v) is 9.60. The number of amides is 2. The van der Waals surface area contributed by atoms with Crippen LogP contribution in [0, 0.1) is 17.3 Å². The molecule has 1 saturated carbocycles. The standard InChI is InChI=1S/C20H22F3NO6/c1-19(2)13(7-8-14(25)29-9-20(21,22)23)15(19)18(28)30-10-24-16(26)11-5-3-4-6-12(11)17(24)27/h7-8,13,15H,3-6,9-10H2,1-2H3/t13-,15-/m0/s1. The van der Waals surface area contributed by atoms with Crippen molar-refractivity contribution in [2.24, 2.45) is 17.3 Å². The molecule has 0 bridgehead atoms. The first-order chi connectivity index (χ1) is 13.9. The van der Waals surface area contributed by atoms with E-state index < -0.39 is 60.5 Å². The molecule has 7 nitrogen and oxygen atoms in total. The Morgan fingerprint density at radius 1 is 1.10 bits per heavy atom. The Labute approximate surface area is 170 Å². The Bertz CT molecular complexity index is 814. The summed E-state index contributed by atoms with van der Waals surface area (Å²) < 4.78 is 45.5. The van der Waals surface area contributed by atoms with Crippen LogP contribution in [0.1, 0.15) is 39.5 Å². The van der Waals surface area contributed by atoms with Crippen LogP contribution >= 0.6 is 0 Å². The van der Waals surface area contributed by atoms with Gasteiger partial charge in [-0.25, -0.2) is 9.69 Å². The van der Waals surface area contributed by atoms with E-state index >= 15 is 0 Å². The zero-order chi connectivity index (χ0) is 22.3. The van der Waals surface area contributed by atoms with Crippen molar-refractivity contribution in [2.45, 2.75) is 45.7 Å². The lowest BCUT2D eigenvalue weighted by atomic mass is 9.93. The van der Waals surface area contributed by atoms with Crippen LogP contribution in [0.2, 0.25) is 0 Å². The lowest BCUT2D eigenvalue weighted by molar-refractivity contribution is -0.182. The number of halogens is 3. The molecule has 3 aliphatic rings. The Morgan fingerprint density at radius 3 is 2.20 bits per heavy atom. The molecule has 10 heteroatoms. The molecule has 0 radical (unpaired) electrons. The van der Waals surface area contributed by atoms with Crippen LogP contribution in [0.3, 0.4) is 0 Å². The lowest BCUT2D eigenvalue weighted by Gasteiger charge is -2.15. The number of hydrogen-bond donors (Lipinski definition) is 0. The molecule has 0 aromatic heterocycles. The molecule has 2 aliphatic carbocycles. The Morgan fingerprint density at radius 2 is 1.67 bits per heavy atom. The average molecular weight is 429 g/mol. The highest BCUT2D eigenvalue weighted by atomic mass is 19.4. The molecule has 1 heterocycles. The molecule has 2 atom stereocenters. The van der Waals surface area contributed by atoms with E-state index in [2.05, 4.69) is 4.74 Å². The van der Waals surface area contributed by atoms with Crippen molar-refractivity contribution in [1.29, 1.82) is 0 Å². The largest absolute Gasteiger partial charge is 0.453 e. The van der Waals surface area contributed by atoms with Crippen LogP contribution in [0.5, 0.6) is 0 Å². The Balaban J connectivity index is 1.52. The van der Waals surface area contributed by atoms with Gasteiger partial charge in [-0.3, -0.25) is 14.4 Å². The third kappa shape index (κ3) is 4.41. The third-order valence-corrected chi connectivity index (χ3v) is 5.79. The van der Waals surface area contributed by atoms with Gasteiger partial charge in [0.1, 0.15) is 0 Å². The number of carbonyl (C=O) groups is 4. The molecular formula is C20H22F3NO6. The van der Waals surface area contributed by atoms with E-state index in [0.29, 0.717) is 24.0 Å². The second-order valence-electron chi connectivity index (χ2n) is 8.20. The summed E-state index contributed by atoms with van der Waals surface area (Å²) in [6, 6.07) is 0. The van der Waals surface area contributed by atoms with Crippen LogP contribution in [0.15, 0.2) is 23.3 Å². The molecule has 0 aromatic rings. The molecule has 0 unspecified atom stereocenters. The van der Waals surface area contributed by atoms with E-state index in [1.54, 1.807) is 13.8 Å². The number of esters is 2. The maximum Gasteiger partial charge on any atom is 0.422 e. The van der Waals surface area contributed by atoms with Crippen molar-refractivity contribution >= 4 is 23.8 Å². The van der Waals surface area contributed by atoms with E-state index in [1.807, 2.05) is 0 Å².